The molecule has 0 atom stereocenters. The molecule has 0 saturated carbocycles. The average molecular weight is 276 g/mol. The van der Waals surface area contributed by atoms with Crippen LogP contribution in [0.2, 0.25) is 5.02 Å². The highest BCUT2D eigenvalue weighted by atomic mass is 35.5. The van der Waals surface area contributed by atoms with Gasteiger partial charge in [0.1, 0.15) is 5.69 Å². The van der Waals surface area contributed by atoms with Crippen molar-refractivity contribution in [1.29, 1.82) is 0 Å². The van der Waals surface area contributed by atoms with E-state index in [0.29, 0.717) is 6.07 Å². The van der Waals surface area contributed by atoms with Crippen LogP contribution in [0, 0.1) is 0 Å². The van der Waals surface area contributed by atoms with Crippen molar-refractivity contribution in [3.8, 4) is 0 Å². The molecule has 17 heavy (non-hydrogen) atoms. The summed E-state index contributed by atoms with van der Waals surface area (Å²) in [6, 6.07) is 0.307. The fourth-order valence-corrected chi connectivity index (χ4v) is 1.30. The topological polar surface area (TPSA) is 50.2 Å². The smallest absolute Gasteiger partial charge is 0.434 e. The van der Waals surface area contributed by atoms with Crippen molar-refractivity contribution < 1.29 is 31.9 Å². The molecule has 0 fully saturated rings. The molecule has 1 N–H and O–H groups in total. The largest absolute Gasteiger partial charge is 0.478 e. The van der Waals surface area contributed by atoms with Crippen LogP contribution in [0.5, 0.6) is 0 Å². The lowest BCUT2D eigenvalue weighted by molar-refractivity contribution is -0.141. The molecule has 0 aliphatic carbocycles. The molecule has 1 heterocycles. The SMILES string of the molecule is O=C(O)c1cc(Cl)c(C(F)(F)F)nc1C(F)F. The molecule has 3 nitrogen and oxygen atoms in total. The molecule has 0 aliphatic rings. The predicted molar refractivity (Wildman–Crippen MR) is 46.2 cm³/mol. The van der Waals surface area contributed by atoms with E-state index in [1.807, 2.05) is 0 Å². The summed E-state index contributed by atoms with van der Waals surface area (Å²) in [5.41, 5.74) is -4.26. The van der Waals surface area contributed by atoms with Crippen LogP contribution in [0.1, 0.15) is 28.2 Å². The van der Waals surface area contributed by atoms with Gasteiger partial charge in [0.05, 0.1) is 10.6 Å². The van der Waals surface area contributed by atoms with Crippen LogP contribution in [0.3, 0.4) is 0 Å². The standard InChI is InChI=1S/C8H3ClF5NO2/c9-3-1-2(7(16)17)4(6(10)11)15-5(3)8(12,13)14/h1,6H,(H,16,17). The zero-order valence-electron chi connectivity index (χ0n) is 7.73. The van der Waals surface area contributed by atoms with E-state index < -0.39 is 40.5 Å². The Kier molecular flexibility index (Phi) is 3.56. The number of carbonyl (C=O) groups is 1. The lowest BCUT2D eigenvalue weighted by Gasteiger charge is -2.11. The van der Waals surface area contributed by atoms with Crippen LogP contribution in [0.15, 0.2) is 6.07 Å². The highest BCUT2D eigenvalue weighted by Crippen LogP contribution is 2.35. The molecule has 0 radical (unpaired) electrons. The van der Waals surface area contributed by atoms with Gasteiger partial charge in [0.25, 0.3) is 6.43 Å². The number of rotatable bonds is 2. The predicted octanol–water partition coefficient (Wildman–Crippen LogP) is 3.39. The van der Waals surface area contributed by atoms with Gasteiger partial charge in [0.15, 0.2) is 5.69 Å². The van der Waals surface area contributed by atoms with Gasteiger partial charge in [-0.1, -0.05) is 11.6 Å². The maximum absolute atomic E-state index is 12.4. The minimum Gasteiger partial charge on any atom is -0.478 e. The third-order valence-electron chi connectivity index (χ3n) is 1.71. The number of nitrogens with zero attached hydrogens (tertiary/aromatic N) is 1. The number of aromatic nitrogens is 1. The Morgan fingerprint density at radius 1 is 1.41 bits per heavy atom. The maximum Gasteiger partial charge on any atom is 0.434 e. The molecule has 0 spiro atoms. The quantitative estimate of drug-likeness (QED) is 0.842. The molecule has 0 amide bonds. The van der Waals surface area contributed by atoms with Crippen LogP contribution < -0.4 is 0 Å². The Morgan fingerprint density at radius 3 is 2.29 bits per heavy atom. The number of alkyl halides is 5. The van der Waals surface area contributed by atoms with Gasteiger partial charge in [-0.2, -0.15) is 13.2 Å². The Labute approximate surface area is 95.8 Å². The summed E-state index contributed by atoms with van der Waals surface area (Å²) in [6.07, 6.45) is -8.47. The lowest BCUT2D eigenvalue weighted by atomic mass is 10.1. The molecule has 1 aromatic heterocycles. The molecule has 0 aliphatic heterocycles. The van der Waals surface area contributed by atoms with Gasteiger partial charge >= 0.3 is 12.1 Å². The number of hydrogen-bond donors (Lipinski definition) is 1. The number of carboxylic acid groups (broad SMARTS) is 1. The van der Waals surface area contributed by atoms with E-state index in [9.17, 15) is 26.7 Å². The average Bonchev–Trinajstić information content (AvgIpc) is 2.14. The van der Waals surface area contributed by atoms with E-state index in [0.717, 1.165) is 0 Å². The van der Waals surface area contributed by atoms with Crippen LogP contribution in [-0.2, 0) is 6.18 Å². The van der Waals surface area contributed by atoms with Crippen molar-refractivity contribution in [2.75, 3.05) is 0 Å². The van der Waals surface area contributed by atoms with Crippen molar-refractivity contribution in [2.24, 2.45) is 0 Å². The third kappa shape index (κ3) is 2.82. The molecule has 0 unspecified atom stereocenters. The minimum atomic E-state index is -5.03. The summed E-state index contributed by atoms with van der Waals surface area (Å²) in [6.45, 7) is 0. The molecule has 0 saturated heterocycles. The number of hydrogen-bond acceptors (Lipinski definition) is 2. The Hall–Kier alpha value is -1.44. The molecule has 1 aromatic rings. The van der Waals surface area contributed by atoms with Crippen LogP contribution >= 0.6 is 11.6 Å². The molecular formula is C8H3ClF5NO2. The zero-order valence-corrected chi connectivity index (χ0v) is 8.48. The van der Waals surface area contributed by atoms with Gasteiger partial charge in [-0.25, -0.2) is 18.6 Å². The lowest BCUT2D eigenvalue weighted by Crippen LogP contribution is -2.14. The highest BCUT2D eigenvalue weighted by Gasteiger charge is 2.37. The first kappa shape index (κ1) is 13.6. The Morgan fingerprint density at radius 2 is 1.94 bits per heavy atom. The van der Waals surface area contributed by atoms with Gasteiger partial charge in [-0.05, 0) is 6.07 Å². The minimum absolute atomic E-state index is 0.307. The summed E-state index contributed by atoms with van der Waals surface area (Å²) in [5, 5.41) is 7.48. The van der Waals surface area contributed by atoms with Gasteiger partial charge < -0.3 is 5.11 Å². The number of pyridine rings is 1. The summed E-state index contributed by atoms with van der Waals surface area (Å²) in [5.74, 6) is -1.83. The normalized spacial score (nSPS) is 11.9. The molecular weight excluding hydrogens is 273 g/mol. The van der Waals surface area contributed by atoms with Crippen LogP contribution in [0.25, 0.3) is 0 Å². The van der Waals surface area contributed by atoms with Gasteiger partial charge in [0.2, 0.25) is 0 Å². The van der Waals surface area contributed by atoms with Gasteiger partial charge in [-0.15, -0.1) is 0 Å². The first-order valence-corrected chi connectivity index (χ1v) is 4.31. The first-order chi connectivity index (χ1) is 7.64. The summed E-state index contributed by atoms with van der Waals surface area (Å²) in [7, 11) is 0. The number of halogens is 6. The molecule has 94 valence electrons. The summed E-state index contributed by atoms with van der Waals surface area (Å²) >= 11 is 5.14. The van der Waals surface area contributed by atoms with Crippen molar-refractivity contribution in [3.63, 3.8) is 0 Å². The summed E-state index contributed by atoms with van der Waals surface area (Å²) in [4.78, 5) is 13.1. The van der Waals surface area contributed by atoms with Crippen molar-refractivity contribution in [2.45, 2.75) is 12.6 Å². The highest BCUT2D eigenvalue weighted by molar-refractivity contribution is 6.31. The molecule has 0 aromatic carbocycles. The molecule has 0 bridgehead atoms. The van der Waals surface area contributed by atoms with Gasteiger partial charge in [0, 0.05) is 0 Å². The summed E-state index contributed by atoms with van der Waals surface area (Å²) < 4.78 is 61.6. The van der Waals surface area contributed by atoms with Crippen molar-refractivity contribution in [3.05, 3.63) is 28.0 Å². The fraction of sp³-hybridized carbons (Fsp3) is 0.250. The fourth-order valence-electron chi connectivity index (χ4n) is 1.04. The Balaban J connectivity index is 3.51. The van der Waals surface area contributed by atoms with Gasteiger partial charge in [-0.3, -0.25) is 0 Å². The van der Waals surface area contributed by atoms with E-state index in [-0.39, 0.29) is 0 Å². The second-order valence-corrected chi connectivity index (χ2v) is 3.26. The van der Waals surface area contributed by atoms with E-state index in [1.165, 1.54) is 0 Å². The van der Waals surface area contributed by atoms with Crippen LogP contribution in [-0.4, -0.2) is 16.1 Å². The van der Waals surface area contributed by atoms with Crippen LogP contribution in [0.4, 0.5) is 22.0 Å². The number of carboxylic acids is 1. The second-order valence-electron chi connectivity index (χ2n) is 2.86. The molecule has 9 heteroatoms. The molecule has 1 rings (SSSR count). The Bertz CT molecular complexity index is 460. The van der Waals surface area contributed by atoms with E-state index >= 15 is 0 Å². The number of aromatic carboxylic acids is 1. The first-order valence-electron chi connectivity index (χ1n) is 3.93. The maximum atomic E-state index is 12.4. The van der Waals surface area contributed by atoms with E-state index in [2.05, 4.69) is 4.98 Å². The van der Waals surface area contributed by atoms with E-state index in [1.54, 1.807) is 0 Å². The van der Waals surface area contributed by atoms with Crippen molar-refractivity contribution >= 4 is 17.6 Å². The second kappa shape index (κ2) is 4.44. The van der Waals surface area contributed by atoms with Crippen molar-refractivity contribution in [1.82, 2.24) is 4.98 Å². The third-order valence-corrected chi connectivity index (χ3v) is 2.00. The van der Waals surface area contributed by atoms with E-state index in [4.69, 9.17) is 16.7 Å². The monoisotopic (exact) mass is 275 g/mol. The zero-order chi connectivity index (χ0) is 13.4.